The van der Waals surface area contributed by atoms with Gasteiger partial charge in [0.2, 0.25) is 0 Å². The van der Waals surface area contributed by atoms with Gasteiger partial charge in [-0.05, 0) is 24.1 Å². The molecular formula is C12H11N3S. The molecule has 0 spiro atoms. The van der Waals surface area contributed by atoms with Crippen LogP contribution >= 0.6 is 11.8 Å². The molecule has 2 aromatic rings. The Balaban J connectivity index is 1.90. The summed E-state index contributed by atoms with van der Waals surface area (Å²) in [6.07, 6.45) is 7.02. The standard InChI is InChI=1S/C12H11N3S/c1-2-12(16-9-1)10-3-5-11(6-4-10)15-8-7-13-14-15/h2-8H,1,9H2. The molecule has 80 valence electrons. The first-order valence-corrected chi connectivity index (χ1v) is 6.22. The number of allylic oxidation sites excluding steroid dienone is 1. The minimum atomic E-state index is 1.05. The average Bonchev–Trinajstić information content (AvgIpc) is 3.03. The van der Waals surface area contributed by atoms with E-state index in [-0.39, 0.29) is 0 Å². The number of hydrogen-bond donors (Lipinski definition) is 0. The van der Waals surface area contributed by atoms with Crippen molar-refractivity contribution in [2.45, 2.75) is 6.42 Å². The van der Waals surface area contributed by atoms with Crippen molar-refractivity contribution >= 4 is 16.7 Å². The van der Waals surface area contributed by atoms with Gasteiger partial charge in [-0.2, -0.15) is 0 Å². The molecule has 1 aliphatic rings. The van der Waals surface area contributed by atoms with Crippen LogP contribution in [0.2, 0.25) is 0 Å². The van der Waals surface area contributed by atoms with E-state index in [9.17, 15) is 0 Å². The molecule has 0 amide bonds. The van der Waals surface area contributed by atoms with Gasteiger partial charge in [-0.15, -0.1) is 16.9 Å². The number of rotatable bonds is 2. The fourth-order valence-corrected chi connectivity index (χ4v) is 2.74. The maximum absolute atomic E-state index is 3.96. The van der Waals surface area contributed by atoms with E-state index in [0.29, 0.717) is 0 Å². The van der Waals surface area contributed by atoms with Gasteiger partial charge in [-0.25, -0.2) is 4.68 Å². The molecule has 3 rings (SSSR count). The highest BCUT2D eigenvalue weighted by Gasteiger charge is 2.07. The molecule has 1 aromatic carbocycles. The summed E-state index contributed by atoms with van der Waals surface area (Å²) in [6.45, 7) is 0. The fourth-order valence-electron chi connectivity index (χ4n) is 1.74. The minimum Gasteiger partial charge on any atom is -0.221 e. The Bertz CT molecular complexity index is 500. The Kier molecular flexibility index (Phi) is 2.50. The van der Waals surface area contributed by atoms with Gasteiger partial charge in [0.25, 0.3) is 0 Å². The molecule has 0 bridgehead atoms. The molecule has 0 radical (unpaired) electrons. The molecule has 1 aliphatic heterocycles. The molecule has 0 atom stereocenters. The van der Waals surface area contributed by atoms with Crippen molar-refractivity contribution in [3.05, 3.63) is 48.3 Å². The highest BCUT2D eigenvalue weighted by molar-refractivity contribution is 8.08. The van der Waals surface area contributed by atoms with Crippen molar-refractivity contribution in [2.75, 3.05) is 5.75 Å². The Labute approximate surface area is 98.2 Å². The van der Waals surface area contributed by atoms with Crippen LogP contribution in [0.15, 0.2) is 42.7 Å². The smallest absolute Gasteiger partial charge is 0.0697 e. The lowest BCUT2D eigenvalue weighted by Crippen LogP contribution is -1.94. The van der Waals surface area contributed by atoms with E-state index in [1.54, 1.807) is 10.9 Å². The molecule has 0 aliphatic carbocycles. The zero-order valence-corrected chi connectivity index (χ0v) is 9.52. The Morgan fingerprint density at radius 2 is 2.06 bits per heavy atom. The van der Waals surface area contributed by atoms with E-state index in [2.05, 4.69) is 40.7 Å². The largest absolute Gasteiger partial charge is 0.221 e. The summed E-state index contributed by atoms with van der Waals surface area (Å²) in [5.41, 5.74) is 2.34. The lowest BCUT2D eigenvalue weighted by atomic mass is 10.2. The number of nitrogens with zero attached hydrogens (tertiary/aromatic N) is 3. The van der Waals surface area contributed by atoms with Crippen LogP contribution in [0.1, 0.15) is 12.0 Å². The van der Waals surface area contributed by atoms with Crippen molar-refractivity contribution in [2.24, 2.45) is 0 Å². The zero-order chi connectivity index (χ0) is 10.8. The second-order valence-corrected chi connectivity index (χ2v) is 4.74. The first-order valence-electron chi connectivity index (χ1n) is 5.23. The maximum atomic E-state index is 3.96. The first kappa shape index (κ1) is 9.66. The normalized spacial score (nSPS) is 15.1. The van der Waals surface area contributed by atoms with Crippen molar-refractivity contribution in [3.8, 4) is 5.69 Å². The molecule has 0 unspecified atom stereocenters. The summed E-state index contributed by atoms with van der Waals surface area (Å²) in [6, 6.07) is 8.43. The highest BCUT2D eigenvalue weighted by Crippen LogP contribution is 2.33. The lowest BCUT2D eigenvalue weighted by molar-refractivity contribution is 0.803. The van der Waals surface area contributed by atoms with E-state index in [4.69, 9.17) is 0 Å². The van der Waals surface area contributed by atoms with Crippen LogP contribution in [0.4, 0.5) is 0 Å². The molecule has 1 aromatic heterocycles. The molecule has 0 fully saturated rings. The Morgan fingerprint density at radius 1 is 1.19 bits per heavy atom. The topological polar surface area (TPSA) is 30.7 Å². The van der Waals surface area contributed by atoms with Crippen molar-refractivity contribution in [1.82, 2.24) is 15.0 Å². The predicted molar refractivity (Wildman–Crippen MR) is 66.4 cm³/mol. The van der Waals surface area contributed by atoms with Crippen molar-refractivity contribution < 1.29 is 0 Å². The summed E-state index contributed by atoms with van der Waals surface area (Å²) in [5, 5.41) is 7.76. The number of thioether (sulfide) groups is 1. The highest BCUT2D eigenvalue weighted by atomic mass is 32.2. The van der Waals surface area contributed by atoms with Crippen LogP contribution in [0.3, 0.4) is 0 Å². The van der Waals surface area contributed by atoms with E-state index in [1.807, 2.05) is 18.0 Å². The Morgan fingerprint density at radius 3 is 2.69 bits per heavy atom. The van der Waals surface area contributed by atoms with Crippen LogP contribution in [0.25, 0.3) is 10.6 Å². The van der Waals surface area contributed by atoms with Gasteiger partial charge >= 0.3 is 0 Å². The molecule has 0 saturated carbocycles. The molecular weight excluding hydrogens is 218 g/mol. The second-order valence-electron chi connectivity index (χ2n) is 3.60. The second kappa shape index (κ2) is 4.14. The van der Waals surface area contributed by atoms with Gasteiger partial charge in [-0.1, -0.05) is 23.4 Å². The van der Waals surface area contributed by atoms with Crippen LogP contribution in [-0.4, -0.2) is 20.7 Å². The molecule has 3 nitrogen and oxygen atoms in total. The number of benzene rings is 1. The van der Waals surface area contributed by atoms with Crippen LogP contribution in [0, 0.1) is 0 Å². The third-order valence-electron chi connectivity index (χ3n) is 2.54. The van der Waals surface area contributed by atoms with Crippen molar-refractivity contribution in [1.29, 1.82) is 0 Å². The summed E-state index contributed by atoms with van der Waals surface area (Å²) < 4.78 is 1.76. The number of aromatic nitrogens is 3. The third-order valence-corrected chi connectivity index (χ3v) is 3.70. The third kappa shape index (κ3) is 1.76. The van der Waals surface area contributed by atoms with E-state index in [1.165, 1.54) is 22.6 Å². The summed E-state index contributed by atoms with van der Waals surface area (Å²) in [7, 11) is 0. The molecule has 16 heavy (non-hydrogen) atoms. The zero-order valence-electron chi connectivity index (χ0n) is 8.71. The maximum Gasteiger partial charge on any atom is 0.0697 e. The van der Waals surface area contributed by atoms with Crippen molar-refractivity contribution in [3.63, 3.8) is 0 Å². The quantitative estimate of drug-likeness (QED) is 0.793. The molecule has 2 heterocycles. The summed E-state index contributed by atoms with van der Waals surface area (Å²) in [4.78, 5) is 1.39. The van der Waals surface area contributed by atoms with Gasteiger partial charge in [0.05, 0.1) is 18.1 Å². The van der Waals surface area contributed by atoms with E-state index < -0.39 is 0 Å². The van der Waals surface area contributed by atoms with Crippen LogP contribution < -0.4 is 0 Å². The fraction of sp³-hybridized carbons (Fsp3) is 0.167. The summed E-state index contributed by atoms with van der Waals surface area (Å²) in [5.74, 6) is 1.21. The van der Waals surface area contributed by atoms with Gasteiger partial charge in [0, 0.05) is 10.7 Å². The lowest BCUT2D eigenvalue weighted by Gasteiger charge is -2.03. The molecule has 4 heteroatoms. The van der Waals surface area contributed by atoms with Gasteiger partial charge in [-0.3, -0.25) is 0 Å². The van der Waals surface area contributed by atoms with Crippen LogP contribution in [-0.2, 0) is 0 Å². The Hall–Kier alpha value is -1.55. The molecule has 0 saturated heterocycles. The van der Waals surface area contributed by atoms with Gasteiger partial charge < -0.3 is 0 Å². The molecule has 0 N–H and O–H groups in total. The number of hydrogen-bond acceptors (Lipinski definition) is 3. The average molecular weight is 229 g/mol. The van der Waals surface area contributed by atoms with Gasteiger partial charge in [0.15, 0.2) is 0 Å². The predicted octanol–water partition coefficient (Wildman–Crippen LogP) is 2.75. The minimum absolute atomic E-state index is 1.05. The SMILES string of the molecule is C1=C(c2ccc(-n3ccnn3)cc2)SCC1. The first-order chi connectivity index (χ1) is 7.93. The van der Waals surface area contributed by atoms with E-state index in [0.717, 1.165) is 5.69 Å². The summed E-state index contributed by atoms with van der Waals surface area (Å²) >= 11 is 1.93. The van der Waals surface area contributed by atoms with E-state index >= 15 is 0 Å². The van der Waals surface area contributed by atoms with Crippen LogP contribution in [0.5, 0.6) is 0 Å². The monoisotopic (exact) mass is 229 g/mol. The van der Waals surface area contributed by atoms with Gasteiger partial charge in [0.1, 0.15) is 0 Å².